The van der Waals surface area contributed by atoms with Crippen LogP contribution < -0.4 is 4.90 Å². The SMILES string of the molecule is Cc1nc(C)c(CN2CC[C@]3(COCc4cnc(N5CCN(C)CC5)nc43)C2)s1. The third-order valence-corrected chi connectivity index (χ3v) is 7.63. The molecule has 2 saturated heterocycles. The van der Waals surface area contributed by atoms with Gasteiger partial charge >= 0.3 is 0 Å². The van der Waals surface area contributed by atoms with Crippen LogP contribution in [0.15, 0.2) is 6.20 Å². The maximum atomic E-state index is 6.02. The summed E-state index contributed by atoms with van der Waals surface area (Å²) >= 11 is 1.82. The molecule has 5 rings (SSSR count). The van der Waals surface area contributed by atoms with E-state index in [0.717, 1.165) is 69.8 Å². The number of aromatic nitrogens is 3. The fourth-order valence-corrected chi connectivity index (χ4v) is 5.85. The van der Waals surface area contributed by atoms with Gasteiger partial charge in [-0.2, -0.15) is 0 Å². The molecule has 2 aromatic rings. The third-order valence-electron chi connectivity index (χ3n) is 6.58. The maximum absolute atomic E-state index is 6.02. The monoisotopic (exact) mass is 414 g/mol. The molecule has 0 amide bonds. The highest BCUT2D eigenvalue weighted by Gasteiger charge is 2.45. The minimum atomic E-state index is -0.00844. The van der Waals surface area contributed by atoms with Crippen LogP contribution in [0.5, 0.6) is 0 Å². The Bertz CT molecular complexity index is 893. The van der Waals surface area contributed by atoms with Crippen LogP contribution in [0.4, 0.5) is 5.95 Å². The summed E-state index contributed by atoms with van der Waals surface area (Å²) < 4.78 is 6.02. The summed E-state index contributed by atoms with van der Waals surface area (Å²) in [4.78, 5) is 23.1. The molecule has 0 radical (unpaired) electrons. The van der Waals surface area contributed by atoms with Crippen molar-refractivity contribution >= 4 is 17.3 Å². The predicted molar refractivity (Wildman–Crippen MR) is 115 cm³/mol. The Balaban J connectivity index is 1.38. The average molecular weight is 415 g/mol. The first kappa shape index (κ1) is 19.4. The molecule has 2 fully saturated rings. The van der Waals surface area contributed by atoms with E-state index in [1.54, 1.807) is 0 Å². The van der Waals surface area contributed by atoms with Crippen molar-refractivity contribution in [3.63, 3.8) is 0 Å². The molecular formula is C21H30N6OS. The van der Waals surface area contributed by atoms with Gasteiger partial charge in [-0.05, 0) is 33.9 Å². The second-order valence-corrected chi connectivity index (χ2v) is 10.1. The van der Waals surface area contributed by atoms with Gasteiger partial charge in [0.15, 0.2) is 0 Å². The summed E-state index contributed by atoms with van der Waals surface area (Å²) in [5.74, 6) is 0.894. The van der Waals surface area contributed by atoms with Gasteiger partial charge in [0.2, 0.25) is 5.95 Å². The Morgan fingerprint density at radius 3 is 2.72 bits per heavy atom. The van der Waals surface area contributed by atoms with Crippen molar-refractivity contribution in [1.82, 2.24) is 24.8 Å². The molecule has 1 atom stereocenters. The van der Waals surface area contributed by atoms with Crippen molar-refractivity contribution in [3.8, 4) is 0 Å². The molecule has 0 N–H and O–H groups in total. The molecule has 3 aliphatic rings. The lowest BCUT2D eigenvalue weighted by molar-refractivity contribution is 0.0503. The van der Waals surface area contributed by atoms with E-state index in [2.05, 4.69) is 40.6 Å². The number of rotatable bonds is 3. The Kier molecular flexibility index (Phi) is 5.06. The van der Waals surface area contributed by atoms with Crippen LogP contribution in [-0.4, -0.2) is 77.7 Å². The number of aryl methyl sites for hydroxylation is 2. The quantitative estimate of drug-likeness (QED) is 0.761. The van der Waals surface area contributed by atoms with Gasteiger partial charge in [-0.15, -0.1) is 11.3 Å². The molecule has 7 nitrogen and oxygen atoms in total. The summed E-state index contributed by atoms with van der Waals surface area (Å²) in [5.41, 5.74) is 3.56. The van der Waals surface area contributed by atoms with E-state index >= 15 is 0 Å². The highest BCUT2D eigenvalue weighted by atomic mass is 32.1. The molecule has 3 aliphatic heterocycles. The van der Waals surface area contributed by atoms with Crippen LogP contribution in [0.2, 0.25) is 0 Å². The van der Waals surface area contributed by atoms with Crippen molar-refractivity contribution in [2.24, 2.45) is 0 Å². The van der Waals surface area contributed by atoms with E-state index in [9.17, 15) is 0 Å². The van der Waals surface area contributed by atoms with Crippen molar-refractivity contribution in [3.05, 3.63) is 33.0 Å². The highest BCUT2D eigenvalue weighted by Crippen LogP contribution is 2.40. The van der Waals surface area contributed by atoms with Crippen LogP contribution in [-0.2, 0) is 23.3 Å². The number of nitrogens with zero attached hydrogens (tertiary/aromatic N) is 6. The zero-order chi connectivity index (χ0) is 20.0. The summed E-state index contributed by atoms with van der Waals surface area (Å²) in [6.45, 7) is 12.8. The van der Waals surface area contributed by atoms with Crippen LogP contribution in [0.1, 0.15) is 33.3 Å². The topological polar surface area (TPSA) is 57.6 Å². The van der Waals surface area contributed by atoms with E-state index in [1.165, 1.54) is 21.8 Å². The van der Waals surface area contributed by atoms with Crippen LogP contribution in [0.25, 0.3) is 0 Å². The third kappa shape index (κ3) is 3.67. The number of hydrogen-bond acceptors (Lipinski definition) is 8. The fraction of sp³-hybridized carbons (Fsp3) is 0.667. The summed E-state index contributed by atoms with van der Waals surface area (Å²) in [5, 5.41) is 1.15. The van der Waals surface area contributed by atoms with Gasteiger partial charge < -0.3 is 14.5 Å². The smallest absolute Gasteiger partial charge is 0.225 e. The number of hydrogen-bond donors (Lipinski definition) is 0. The van der Waals surface area contributed by atoms with Crippen LogP contribution >= 0.6 is 11.3 Å². The molecule has 0 bridgehead atoms. The highest BCUT2D eigenvalue weighted by molar-refractivity contribution is 7.11. The second kappa shape index (κ2) is 7.58. The summed E-state index contributed by atoms with van der Waals surface area (Å²) in [6.07, 6.45) is 3.10. The average Bonchev–Trinajstić information content (AvgIpc) is 3.25. The van der Waals surface area contributed by atoms with Gasteiger partial charge in [-0.3, -0.25) is 4.90 Å². The molecule has 0 unspecified atom stereocenters. The Morgan fingerprint density at radius 2 is 1.97 bits per heavy atom. The first-order valence-electron chi connectivity index (χ1n) is 10.6. The summed E-state index contributed by atoms with van der Waals surface area (Å²) in [7, 11) is 2.18. The van der Waals surface area contributed by atoms with Gasteiger partial charge in [-0.1, -0.05) is 0 Å². The molecule has 0 aromatic carbocycles. The predicted octanol–water partition coefficient (Wildman–Crippen LogP) is 1.98. The molecule has 156 valence electrons. The molecular weight excluding hydrogens is 384 g/mol. The number of fused-ring (bicyclic) bond motifs is 2. The van der Waals surface area contributed by atoms with Crippen molar-refractivity contribution in [1.29, 1.82) is 0 Å². The Morgan fingerprint density at radius 1 is 1.14 bits per heavy atom. The molecule has 0 aliphatic carbocycles. The van der Waals surface area contributed by atoms with Gasteiger partial charge in [0.25, 0.3) is 0 Å². The van der Waals surface area contributed by atoms with Gasteiger partial charge in [0, 0.05) is 55.9 Å². The molecule has 8 heteroatoms. The minimum absolute atomic E-state index is 0.00844. The first-order valence-corrected chi connectivity index (χ1v) is 11.4. The standard InChI is InChI=1S/C21H30N6OS/c1-15-18(29-16(2)23-15)11-26-5-4-21(13-26)14-28-12-17-10-22-20(24-19(17)21)27-8-6-25(3)7-9-27/h10H,4-9,11-14H2,1-3H3/t21-/m1/s1. The molecule has 29 heavy (non-hydrogen) atoms. The van der Waals surface area contributed by atoms with E-state index in [4.69, 9.17) is 14.7 Å². The van der Waals surface area contributed by atoms with E-state index in [-0.39, 0.29) is 5.41 Å². The fourth-order valence-electron chi connectivity index (χ4n) is 4.87. The normalized spacial score (nSPS) is 25.7. The van der Waals surface area contributed by atoms with Crippen LogP contribution in [0.3, 0.4) is 0 Å². The Labute approximate surface area is 176 Å². The first-order chi connectivity index (χ1) is 14.0. The van der Waals surface area contributed by atoms with Crippen molar-refractivity contribution < 1.29 is 4.74 Å². The summed E-state index contributed by atoms with van der Waals surface area (Å²) in [6, 6.07) is 0. The lowest BCUT2D eigenvalue weighted by Gasteiger charge is -2.36. The molecule has 1 spiro atoms. The maximum Gasteiger partial charge on any atom is 0.225 e. The van der Waals surface area contributed by atoms with Crippen LogP contribution in [0, 0.1) is 13.8 Å². The zero-order valence-electron chi connectivity index (χ0n) is 17.6. The molecule has 5 heterocycles. The lowest BCUT2D eigenvalue weighted by atomic mass is 9.80. The largest absolute Gasteiger partial charge is 0.376 e. The second-order valence-electron chi connectivity index (χ2n) is 8.81. The molecule has 0 saturated carbocycles. The number of likely N-dealkylation sites (tertiary alicyclic amines) is 1. The minimum Gasteiger partial charge on any atom is -0.376 e. The Hall–Kier alpha value is -1.61. The van der Waals surface area contributed by atoms with E-state index < -0.39 is 0 Å². The number of anilines is 1. The van der Waals surface area contributed by atoms with E-state index in [0.29, 0.717) is 6.61 Å². The number of likely N-dealkylation sites (N-methyl/N-ethyl adjacent to an activating group) is 1. The number of thiazole rings is 1. The van der Waals surface area contributed by atoms with E-state index in [1.807, 2.05) is 17.5 Å². The number of ether oxygens (including phenoxy) is 1. The van der Waals surface area contributed by atoms with Crippen molar-refractivity contribution in [2.75, 3.05) is 57.8 Å². The van der Waals surface area contributed by atoms with Gasteiger partial charge in [-0.25, -0.2) is 15.0 Å². The van der Waals surface area contributed by atoms with Crippen molar-refractivity contribution in [2.45, 2.75) is 38.8 Å². The van der Waals surface area contributed by atoms with Gasteiger partial charge in [0.1, 0.15) is 0 Å². The lowest BCUT2D eigenvalue weighted by Crippen LogP contribution is -2.46. The van der Waals surface area contributed by atoms with Gasteiger partial charge in [0.05, 0.1) is 35.0 Å². The molecule has 2 aromatic heterocycles. The zero-order valence-corrected chi connectivity index (χ0v) is 18.5. The number of piperazine rings is 1.